The Morgan fingerprint density at radius 2 is 1.39 bits per heavy atom. The normalized spacial score (nSPS) is 40.3. The second kappa shape index (κ2) is 11.1. The molecule has 0 saturated carbocycles. The van der Waals surface area contributed by atoms with E-state index in [1.54, 1.807) is 30.3 Å². The molecule has 2 aliphatic rings. The molecule has 9 N–H and O–H groups in total. The Morgan fingerprint density at radius 1 is 0.848 bits per heavy atom. The zero-order valence-electron chi connectivity index (χ0n) is 17.4. The lowest BCUT2D eigenvalue weighted by molar-refractivity contribution is -0.334. The van der Waals surface area contributed by atoms with E-state index in [-0.39, 0.29) is 0 Å². The second-order valence-electron chi connectivity index (χ2n) is 7.87. The Labute approximate surface area is 188 Å². The smallest absolute Gasteiger partial charge is 0.251 e. The maximum absolute atomic E-state index is 11.9. The van der Waals surface area contributed by atoms with Crippen molar-refractivity contribution in [3.05, 3.63) is 35.9 Å². The van der Waals surface area contributed by atoms with Crippen LogP contribution in [-0.2, 0) is 23.7 Å². The van der Waals surface area contributed by atoms with E-state index in [0.29, 0.717) is 5.56 Å². The van der Waals surface area contributed by atoms with Crippen molar-refractivity contribution in [3.8, 4) is 0 Å². The van der Waals surface area contributed by atoms with Crippen LogP contribution in [0.5, 0.6) is 0 Å². The molecule has 0 spiro atoms. The summed E-state index contributed by atoms with van der Waals surface area (Å²) in [5.41, 5.74) is 5.77. The Hall–Kier alpha value is -1.75. The molecule has 2 aliphatic heterocycles. The van der Waals surface area contributed by atoms with E-state index in [9.17, 15) is 40.5 Å². The van der Waals surface area contributed by atoms with Gasteiger partial charge in [-0.2, -0.15) is 0 Å². The molecule has 1 aromatic carbocycles. The van der Waals surface area contributed by atoms with E-state index in [1.807, 2.05) is 0 Å². The number of hydrogen-bond acceptors (Lipinski definition) is 12. The van der Waals surface area contributed by atoms with Gasteiger partial charge in [-0.15, -0.1) is 0 Å². The average Bonchev–Trinajstić information content (AvgIpc) is 2.81. The number of benzene rings is 1. The number of aliphatic hydroxyl groups is 7. The largest absolute Gasteiger partial charge is 0.394 e. The van der Waals surface area contributed by atoms with Crippen molar-refractivity contribution in [2.75, 3.05) is 13.2 Å². The lowest BCUT2D eigenvalue weighted by Crippen LogP contribution is -2.62. The summed E-state index contributed by atoms with van der Waals surface area (Å²) in [6.07, 6.45) is -17.1. The van der Waals surface area contributed by atoms with Crippen LogP contribution in [-0.4, -0.2) is 116 Å². The number of rotatable bonds is 8. The highest BCUT2D eigenvalue weighted by molar-refractivity contribution is 5.80. The van der Waals surface area contributed by atoms with E-state index in [4.69, 9.17) is 24.7 Å². The fourth-order valence-electron chi connectivity index (χ4n) is 3.63. The molecule has 33 heavy (non-hydrogen) atoms. The molecule has 0 bridgehead atoms. The monoisotopic (exact) mass is 475 g/mol. The molecule has 2 heterocycles. The van der Waals surface area contributed by atoms with Gasteiger partial charge in [0.25, 0.3) is 5.91 Å². The third kappa shape index (κ3) is 5.67. The van der Waals surface area contributed by atoms with Crippen molar-refractivity contribution in [1.29, 1.82) is 0 Å². The fraction of sp³-hybridized carbons (Fsp3) is 0.650. The summed E-state index contributed by atoms with van der Waals surface area (Å²) >= 11 is 0. The number of amides is 1. The predicted molar refractivity (Wildman–Crippen MR) is 106 cm³/mol. The highest BCUT2D eigenvalue weighted by atomic mass is 16.7. The average molecular weight is 475 g/mol. The first-order valence-electron chi connectivity index (χ1n) is 10.3. The maximum Gasteiger partial charge on any atom is 0.251 e. The molecule has 186 valence electrons. The Bertz CT molecular complexity index is 767. The molecule has 2 fully saturated rings. The van der Waals surface area contributed by atoms with Gasteiger partial charge in [-0.3, -0.25) is 4.79 Å². The van der Waals surface area contributed by atoms with Gasteiger partial charge in [0.05, 0.1) is 13.2 Å². The van der Waals surface area contributed by atoms with E-state index >= 15 is 0 Å². The fourth-order valence-corrected chi connectivity index (χ4v) is 3.63. The topological polar surface area (TPSA) is 222 Å². The van der Waals surface area contributed by atoms with E-state index in [2.05, 4.69) is 0 Å². The van der Waals surface area contributed by atoms with Crippen LogP contribution in [0.15, 0.2) is 30.3 Å². The quantitative estimate of drug-likeness (QED) is 0.179. The number of nitrogens with two attached hydrogens (primary N) is 1. The predicted octanol–water partition coefficient (Wildman–Crippen LogP) is -4.15. The number of carbonyl (C=O) groups is 1. The number of ether oxygens (including phenoxy) is 4. The van der Waals surface area contributed by atoms with Crippen LogP contribution in [0.2, 0.25) is 0 Å². The molecule has 13 heteroatoms. The molecule has 1 aromatic rings. The summed E-state index contributed by atoms with van der Waals surface area (Å²) in [5.74, 6) is -0.883. The van der Waals surface area contributed by atoms with Gasteiger partial charge < -0.3 is 60.4 Å². The molecule has 1 amide bonds. The van der Waals surface area contributed by atoms with Crippen molar-refractivity contribution in [3.63, 3.8) is 0 Å². The highest BCUT2D eigenvalue weighted by Crippen LogP contribution is 2.29. The first kappa shape index (κ1) is 25.9. The summed E-state index contributed by atoms with van der Waals surface area (Å²) in [6, 6.07) is 8.12. The standard InChI is InChI=1S/C20H29NO12/c21-18(29)17(8-4-2-1-3-5-8)33-20-16(28)14(26)12(24)10(32-20)7-30-19-15(27)13(25)11(23)9(6-22)31-19/h1-5,9-17,19-20,22-28H,6-7H2,(H2,21,29)/t9-,10-,11-,12-,13+,14+,15-,16-,17?,19-,20+/m1/s1. The van der Waals surface area contributed by atoms with Gasteiger partial charge in [0.15, 0.2) is 18.7 Å². The van der Waals surface area contributed by atoms with Crippen LogP contribution in [0.25, 0.3) is 0 Å². The Balaban J connectivity index is 1.68. The molecule has 11 atom stereocenters. The zero-order chi connectivity index (χ0) is 24.3. The second-order valence-corrected chi connectivity index (χ2v) is 7.87. The van der Waals surface area contributed by atoms with Crippen LogP contribution >= 0.6 is 0 Å². The molecule has 3 rings (SSSR count). The van der Waals surface area contributed by atoms with Crippen molar-refractivity contribution < 1.29 is 59.5 Å². The number of primary amides is 1. The Kier molecular flexibility index (Phi) is 8.71. The van der Waals surface area contributed by atoms with Gasteiger partial charge in [-0.05, 0) is 5.56 Å². The zero-order valence-corrected chi connectivity index (χ0v) is 17.4. The molecule has 13 nitrogen and oxygen atoms in total. The molecular weight excluding hydrogens is 446 g/mol. The van der Waals surface area contributed by atoms with Crippen LogP contribution in [0, 0.1) is 0 Å². The number of aliphatic hydroxyl groups excluding tert-OH is 7. The van der Waals surface area contributed by atoms with Gasteiger partial charge >= 0.3 is 0 Å². The van der Waals surface area contributed by atoms with Gasteiger partial charge in [0.2, 0.25) is 0 Å². The van der Waals surface area contributed by atoms with Gasteiger partial charge in [0, 0.05) is 0 Å². The van der Waals surface area contributed by atoms with Crippen LogP contribution in [0.4, 0.5) is 0 Å². The van der Waals surface area contributed by atoms with Crippen molar-refractivity contribution in [1.82, 2.24) is 0 Å². The van der Waals surface area contributed by atoms with E-state index in [1.165, 1.54) is 0 Å². The van der Waals surface area contributed by atoms with Gasteiger partial charge in [-0.25, -0.2) is 0 Å². The molecule has 1 unspecified atom stereocenters. The molecule has 0 aromatic heterocycles. The third-order valence-electron chi connectivity index (χ3n) is 5.57. The molecule has 2 saturated heterocycles. The molecule has 0 aliphatic carbocycles. The van der Waals surface area contributed by atoms with Crippen molar-refractivity contribution >= 4 is 5.91 Å². The molecule has 0 radical (unpaired) electrons. The van der Waals surface area contributed by atoms with Gasteiger partial charge in [-0.1, -0.05) is 30.3 Å². The maximum atomic E-state index is 11.9. The van der Waals surface area contributed by atoms with Crippen molar-refractivity contribution in [2.24, 2.45) is 5.73 Å². The minimum absolute atomic E-state index is 0.371. The summed E-state index contributed by atoms with van der Waals surface area (Å²) in [4.78, 5) is 11.9. The summed E-state index contributed by atoms with van der Waals surface area (Å²) in [6.45, 7) is -1.19. The van der Waals surface area contributed by atoms with E-state index in [0.717, 1.165) is 0 Å². The van der Waals surface area contributed by atoms with E-state index < -0.39 is 86.6 Å². The highest BCUT2D eigenvalue weighted by Gasteiger charge is 2.48. The summed E-state index contributed by atoms with van der Waals surface area (Å²) in [7, 11) is 0. The van der Waals surface area contributed by atoms with Crippen LogP contribution in [0.1, 0.15) is 11.7 Å². The van der Waals surface area contributed by atoms with Gasteiger partial charge in [0.1, 0.15) is 48.8 Å². The molecular formula is C20H29NO12. The first-order valence-corrected chi connectivity index (χ1v) is 10.3. The minimum Gasteiger partial charge on any atom is -0.394 e. The minimum atomic E-state index is -1.75. The third-order valence-corrected chi connectivity index (χ3v) is 5.57. The number of carbonyl (C=O) groups excluding carboxylic acids is 1. The first-order chi connectivity index (χ1) is 15.6. The van der Waals surface area contributed by atoms with Crippen LogP contribution < -0.4 is 5.73 Å². The number of hydrogen-bond donors (Lipinski definition) is 8. The summed E-state index contributed by atoms with van der Waals surface area (Å²) < 4.78 is 21.6. The SMILES string of the molecule is NC(=O)C(O[C@@H]1O[C@H](CO[C@@H]2O[C@H](CO)[C@@H](O)[C@H](O)[C@H]2O)[C@@H](O)[C@H](O)[C@H]1O)c1ccccc1. The summed E-state index contributed by atoms with van der Waals surface area (Å²) in [5, 5.41) is 69.8. The Morgan fingerprint density at radius 3 is 1.97 bits per heavy atom. The van der Waals surface area contributed by atoms with Crippen LogP contribution in [0.3, 0.4) is 0 Å². The van der Waals surface area contributed by atoms with Crippen molar-refractivity contribution in [2.45, 2.75) is 67.5 Å². The lowest BCUT2D eigenvalue weighted by Gasteiger charge is -2.43. The lowest BCUT2D eigenvalue weighted by atomic mass is 9.98.